The summed E-state index contributed by atoms with van der Waals surface area (Å²) in [5.74, 6) is 0.501. The molecule has 1 aromatic heterocycles. The van der Waals surface area contributed by atoms with E-state index in [2.05, 4.69) is 39.3 Å². The summed E-state index contributed by atoms with van der Waals surface area (Å²) in [6.45, 7) is 11.3. The molecule has 1 rings (SSSR count). The molecule has 0 aliphatic rings. The Morgan fingerprint density at radius 2 is 1.90 bits per heavy atom. The van der Waals surface area contributed by atoms with Crippen LogP contribution in [0.2, 0.25) is 0 Å². The summed E-state index contributed by atoms with van der Waals surface area (Å²) < 4.78 is 0. The van der Waals surface area contributed by atoms with Gasteiger partial charge < -0.3 is 15.5 Å². The number of hydrogen-bond acceptors (Lipinski definition) is 7. The lowest BCUT2D eigenvalue weighted by Crippen LogP contribution is -2.35. The van der Waals surface area contributed by atoms with E-state index in [-0.39, 0.29) is 23.4 Å². The molecule has 0 fully saturated rings. The fourth-order valence-electron chi connectivity index (χ4n) is 2.10. The fourth-order valence-corrected chi connectivity index (χ4v) is 2.10. The molecule has 0 bridgehead atoms. The zero-order valence-electron chi connectivity index (χ0n) is 13.1. The van der Waals surface area contributed by atoms with Crippen LogP contribution in [0, 0.1) is 10.1 Å². The molecule has 2 N–H and O–H groups in total. The van der Waals surface area contributed by atoms with Gasteiger partial charge in [0, 0.05) is 19.1 Å². The number of aromatic nitrogens is 2. The monoisotopic (exact) mass is 296 g/mol. The SMILES string of the molecule is CCNc1ncnc(NC(C)CN(CC)CC)c1[N+](=O)[O-]. The number of rotatable bonds is 9. The summed E-state index contributed by atoms with van der Waals surface area (Å²) in [5, 5.41) is 17.3. The van der Waals surface area contributed by atoms with E-state index >= 15 is 0 Å². The molecule has 0 spiro atoms. The molecule has 1 unspecified atom stereocenters. The second-order valence-electron chi connectivity index (χ2n) is 4.74. The maximum Gasteiger partial charge on any atom is 0.353 e. The molecule has 1 atom stereocenters. The van der Waals surface area contributed by atoms with Crippen molar-refractivity contribution in [1.29, 1.82) is 0 Å². The molecule has 0 radical (unpaired) electrons. The summed E-state index contributed by atoms with van der Waals surface area (Å²) in [6, 6.07) is 0.0491. The van der Waals surface area contributed by atoms with Crippen LogP contribution in [0.5, 0.6) is 0 Å². The summed E-state index contributed by atoms with van der Waals surface area (Å²) in [6.07, 6.45) is 1.33. The van der Waals surface area contributed by atoms with Gasteiger partial charge in [-0.1, -0.05) is 13.8 Å². The van der Waals surface area contributed by atoms with Crippen molar-refractivity contribution in [2.45, 2.75) is 33.7 Å². The molecule has 0 aliphatic carbocycles. The third kappa shape index (κ3) is 4.82. The van der Waals surface area contributed by atoms with Gasteiger partial charge in [0.25, 0.3) is 0 Å². The Morgan fingerprint density at radius 1 is 1.29 bits per heavy atom. The van der Waals surface area contributed by atoms with Crippen LogP contribution in [0.1, 0.15) is 27.7 Å². The Bertz CT molecular complexity index is 464. The second kappa shape index (κ2) is 8.35. The minimum absolute atomic E-state index is 0.0491. The van der Waals surface area contributed by atoms with E-state index in [1.165, 1.54) is 6.33 Å². The van der Waals surface area contributed by atoms with E-state index < -0.39 is 4.92 Å². The van der Waals surface area contributed by atoms with Crippen molar-refractivity contribution < 1.29 is 4.92 Å². The maximum atomic E-state index is 11.3. The fraction of sp³-hybridized carbons (Fsp3) is 0.692. The van der Waals surface area contributed by atoms with Crippen LogP contribution >= 0.6 is 0 Å². The number of nitro groups is 1. The van der Waals surface area contributed by atoms with Crippen LogP contribution in [0.15, 0.2) is 6.33 Å². The van der Waals surface area contributed by atoms with Crippen LogP contribution in [0.3, 0.4) is 0 Å². The van der Waals surface area contributed by atoms with Gasteiger partial charge in [-0.3, -0.25) is 10.1 Å². The number of nitrogens with zero attached hydrogens (tertiary/aromatic N) is 4. The number of likely N-dealkylation sites (N-methyl/N-ethyl adjacent to an activating group) is 1. The highest BCUT2D eigenvalue weighted by atomic mass is 16.6. The zero-order chi connectivity index (χ0) is 15.8. The first-order valence-corrected chi connectivity index (χ1v) is 7.25. The van der Waals surface area contributed by atoms with Gasteiger partial charge in [-0.05, 0) is 26.9 Å². The molecule has 1 heterocycles. The number of hydrogen-bond donors (Lipinski definition) is 2. The average Bonchev–Trinajstić information content (AvgIpc) is 2.45. The highest BCUT2D eigenvalue weighted by Crippen LogP contribution is 2.29. The first-order valence-electron chi connectivity index (χ1n) is 7.25. The van der Waals surface area contributed by atoms with Gasteiger partial charge in [0.05, 0.1) is 4.92 Å². The first kappa shape index (κ1) is 17.1. The van der Waals surface area contributed by atoms with Gasteiger partial charge in [-0.25, -0.2) is 9.97 Å². The number of anilines is 2. The normalized spacial score (nSPS) is 12.2. The molecular formula is C13H24N6O2. The summed E-state index contributed by atoms with van der Waals surface area (Å²) in [4.78, 5) is 21.0. The lowest BCUT2D eigenvalue weighted by atomic mass is 10.3. The van der Waals surface area contributed by atoms with E-state index in [0.29, 0.717) is 6.54 Å². The highest BCUT2D eigenvalue weighted by Gasteiger charge is 2.23. The second-order valence-corrected chi connectivity index (χ2v) is 4.74. The van der Waals surface area contributed by atoms with Crippen molar-refractivity contribution in [3.63, 3.8) is 0 Å². The van der Waals surface area contributed by atoms with Crippen molar-refractivity contribution in [2.75, 3.05) is 36.8 Å². The van der Waals surface area contributed by atoms with Crippen molar-refractivity contribution in [3.8, 4) is 0 Å². The standard InChI is InChI=1S/C13H24N6O2/c1-5-14-12-11(19(20)21)13(16-9-15-12)17-10(4)8-18(6-2)7-3/h9-10H,5-8H2,1-4H3,(H2,14,15,16,17). The third-order valence-corrected chi connectivity index (χ3v) is 3.16. The van der Waals surface area contributed by atoms with Crippen LogP contribution in [-0.2, 0) is 0 Å². The summed E-state index contributed by atoms with van der Waals surface area (Å²) >= 11 is 0. The van der Waals surface area contributed by atoms with Gasteiger partial charge in [0.15, 0.2) is 0 Å². The Kier molecular flexibility index (Phi) is 6.80. The van der Waals surface area contributed by atoms with E-state index in [4.69, 9.17) is 0 Å². The topological polar surface area (TPSA) is 96.2 Å². The smallest absolute Gasteiger partial charge is 0.353 e. The van der Waals surface area contributed by atoms with E-state index in [9.17, 15) is 10.1 Å². The summed E-state index contributed by atoms with van der Waals surface area (Å²) in [5.41, 5.74) is -0.106. The van der Waals surface area contributed by atoms with Crippen LogP contribution in [-0.4, -0.2) is 52.0 Å². The van der Waals surface area contributed by atoms with Crippen molar-refractivity contribution >= 4 is 17.3 Å². The van der Waals surface area contributed by atoms with Gasteiger partial charge in [0.1, 0.15) is 6.33 Å². The minimum atomic E-state index is -0.454. The number of nitrogens with one attached hydrogen (secondary N) is 2. The highest BCUT2D eigenvalue weighted by molar-refractivity contribution is 5.69. The predicted molar refractivity (Wildman–Crippen MR) is 83.7 cm³/mol. The first-order chi connectivity index (χ1) is 10.0. The van der Waals surface area contributed by atoms with Crippen LogP contribution in [0.25, 0.3) is 0 Å². The molecule has 0 saturated heterocycles. The van der Waals surface area contributed by atoms with E-state index in [1.54, 1.807) is 0 Å². The molecule has 0 amide bonds. The van der Waals surface area contributed by atoms with E-state index in [1.807, 2.05) is 13.8 Å². The Balaban J connectivity index is 2.91. The van der Waals surface area contributed by atoms with Gasteiger partial charge in [0.2, 0.25) is 11.6 Å². The van der Waals surface area contributed by atoms with E-state index in [0.717, 1.165) is 19.6 Å². The van der Waals surface area contributed by atoms with Crippen molar-refractivity contribution in [2.24, 2.45) is 0 Å². The quantitative estimate of drug-likeness (QED) is 0.531. The molecule has 0 aromatic carbocycles. The summed E-state index contributed by atoms with van der Waals surface area (Å²) in [7, 11) is 0. The molecule has 8 heteroatoms. The minimum Gasteiger partial charge on any atom is -0.364 e. The lowest BCUT2D eigenvalue weighted by molar-refractivity contribution is -0.383. The van der Waals surface area contributed by atoms with Crippen LogP contribution in [0.4, 0.5) is 17.3 Å². The molecular weight excluding hydrogens is 272 g/mol. The van der Waals surface area contributed by atoms with Gasteiger partial charge in [-0.15, -0.1) is 0 Å². The van der Waals surface area contributed by atoms with Gasteiger partial charge >= 0.3 is 5.69 Å². The molecule has 21 heavy (non-hydrogen) atoms. The zero-order valence-corrected chi connectivity index (χ0v) is 13.1. The average molecular weight is 296 g/mol. The Morgan fingerprint density at radius 3 is 2.43 bits per heavy atom. The predicted octanol–water partition coefficient (Wildman–Crippen LogP) is 1.96. The van der Waals surface area contributed by atoms with Gasteiger partial charge in [-0.2, -0.15) is 0 Å². The molecule has 8 nitrogen and oxygen atoms in total. The maximum absolute atomic E-state index is 11.3. The van der Waals surface area contributed by atoms with Crippen molar-refractivity contribution in [3.05, 3.63) is 16.4 Å². The largest absolute Gasteiger partial charge is 0.364 e. The Hall–Kier alpha value is -1.96. The lowest BCUT2D eigenvalue weighted by Gasteiger charge is -2.23. The van der Waals surface area contributed by atoms with Crippen LogP contribution < -0.4 is 10.6 Å². The molecule has 1 aromatic rings. The molecule has 0 saturated carbocycles. The van der Waals surface area contributed by atoms with Crippen molar-refractivity contribution in [1.82, 2.24) is 14.9 Å². The Labute approximate surface area is 125 Å². The molecule has 118 valence electrons. The molecule has 0 aliphatic heterocycles. The third-order valence-electron chi connectivity index (χ3n) is 3.16.